The first-order valence-electron chi connectivity index (χ1n) is 13.1. The summed E-state index contributed by atoms with van der Waals surface area (Å²) in [7, 11) is -1.58. The van der Waals surface area contributed by atoms with E-state index >= 15 is 0 Å². The zero-order valence-electron chi connectivity index (χ0n) is 22.2. The summed E-state index contributed by atoms with van der Waals surface area (Å²) in [5, 5.41) is 20.2. The van der Waals surface area contributed by atoms with E-state index in [0.717, 1.165) is 27.9 Å². The van der Waals surface area contributed by atoms with Crippen LogP contribution >= 0.6 is 0 Å². The highest BCUT2D eigenvalue weighted by atomic mass is 16.6. The molecule has 0 bridgehead atoms. The third-order valence-electron chi connectivity index (χ3n) is 8.15. The molecule has 6 nitrogen and oxygen atoms in total. The SMILES string of the molecule is C#CCc1c(C)c(B(O)O)c(C)c(N2CCN(C(=O)OCC3c4ccccc4-c4ccccc43)CC2)c1C. The molecule has 0 saturated carbocycles. The number of hydrogen-bond donors (Lipinski definition) is 2. The molecule has 2 N–H and O–H groups in total. The van der Waals surface area contributed by atoms with Crippen molar-refractivity contribution in [2.24, 2.45) is 0 Å². The van der Waals surface area contributed by atoms with Crippen LogP contribution in [-0.4, -0.2) is 60.9 Å². The molecule has 0 radical (unpaired) electrons. The third kappa shape index (κ3) is 4.44. The molecule has 3 aromatic rings. The smallest absolute Gasteiger partial charge is 0.448 e. The van der Waals surface area contributed by atoms with E-state index in [-0.39, 0.29) is 12.0 Å². The van der Waals surface area contributed by atoms with Crippen LogP contribution < -0.4 is 10.4 Å². The molecule has 1 aliphatic carbocycles. The van der Waals surface area contributed by atoms with Gasteiger partial charge in [-0.2, -0.15) is 0 Å². The fourth-order valence-corrected chi connectivity index (χ4v) is 6.30. The summed E-state index contributed by atoms with van der Waals surface area (Å²) in [6.07, 6.45) is 5.74. The Morgan fingerprint density at radius 1 is 0.947 bits per heavy atom. The van der Waals surface area contributed by atoms with Crippen molar-refractivity contribution in [3.8, 4) is 23.5 Å². The first kappa shape index (κ1) is 25.9. The molecule has 1 aliphatic heterocycles. The summed E-state index contributed by atoms with van der Waals surface area (Å²) in [6, 6.07) is 16.6. The number of rotatable bonds is 5. The van der Waals surface area contributed by atoms with Gasteiger partial charge >= 0.3 is 13.2 Å². The van der Waals surface area contributed by atoms with Gasteiger partial charge in [0.25, 0.3) is 0 Å². The second-order valence-corrected chi connectivity index (χ2v) is 10.1. The van der Waals surface area contributed by atoms with Crippen molar-refractivity contribution in [3.63, 3.8) is 0 Å². The van der Waals surface area contributed by atoms with Crippen molar-refractivity contribution in [1.82, 2.24) is 4.90 Å². The van der Waals surface area contributed by atoms with Crippen LogP contribution in [0.5, 0.6) is 0 Å². The predicted molar refractivity (Wildman–Crippen MR) is 152 cm³/mol. The summed E-state index contributed by atoms with van der Waals surface area (Å²) in [4.78, 5) is 17.0. The highest BCUT2D eigenvalue weighted by Gasteiger charge is 2.32. The molecule has 1 heterocycles. The number of benzene rings is 3. The number of amides is 1. The van der Waals surface area contributed by atoms with Crippen LogP contribution in [0.3, 0.4) is 0 Å². The van der Waals surface area contributed by atoms with Gasteiger partial charge < -0.3 is 24.6 Å². The maximum Gasteiger partial charge on any atom is 0.489 e. The van der Waals surface area contributed by atoms with E-state index in [1.165, 1.54) is 22.3 Å². The quantitative estimate of drug-likeness (QED) is 0.408. The van der Waals surface area contributed by atoms with Crippen LogP contribution in [0, 0.1) is 33.1 Å². The number of piperazine rings is 1. The van der Waals surface area contributed by atoms with Crippen LogP contribution in [0.2, 0.25) is 0 Å². The number of hydrogen-bond acceptors (Lipinski definition) is 5. The third-order valence-corrected chi connectivity index (χ3v) is 8.15. The first-order chi connectivity index (χ1) is 18.3. The fourth-order valence-electron chi connectivity index (χ4n) is 6.30. The summed E-state index contributed by atoms with van der Waals surface area (Å²) in [6.45, 7) is 8.42. The zero-order valence-corrected chi connectivity index (χ0v) is 22.2. The molecule has 194 valence electrons. The molecule has 1 saturated heterocycles. The van der Waals surface area contributed by atoms with E-state index in [1.807, 2.05) is 45.0 Å². The number of carbonyl (C=O) groups is 1. The van der Waals surface area contributed by atoms with Crippen molar-refractivity contribution in [3.05, 3.63) is 81.9 Å². The lowest BCUT2D eigenvalue weighted by Crippen LogP contribution is -2.50. The number of anilines is 1. The molecule has 0 unspecified atom stereocenters. The molecule has 2 aliphatic rings. The van der Waals surface area contributed by atoms with Crippen molar-refractivity contribution >= 4 is 24.4 Å². The Balaban J connectivity index is 1.28. The summed E-state index contributed by atoms with van der Waals surface area (Å²) in [5.41, 5.74) is 9.95. The van der Waals surface area contributed by atoms with E-state index in [9.17, 15) is 14.8 Å². The summed E-state index contributed by atoms with van der Waals surface area (Å²) >= 11 is 0. The van der Waals surface area contributed by atoms with Gasteiger partial charge in [-0.15, -0.1) is 12.3 Å². The van der Waals surface area contributed by atoms with Gasteiger partial charge in [0.2, 0.25) is 0 Å². The Hall–Kier alpha value is -3.73. The minimum absolute atomic E-state index is 0.0309. The largest absolute Gasteiger partial charge is 0.489 e. The van der Waals surface area contributed by atoms with E-state index < -0.39 is 7.12 Å². The van der Waals surface area contributed by atoms with E-state index in [0.29, 0.717) is 44.7 Å². The van der Waals surface area contributed by atoms with Gasteiger partial charge in [0, 0.05) is 44.2 Å². The molecule has 5 rings (SSSR count). The van der Waals surface area contributed by atoms with E-state index in [4.69, 9.17) is 11.2 Å². The Kier molecular flexibility index (Phi) is 7.20. The zero-order chi connectivity index (χ0) is 27.0. The molecule has 0 atom stereocenters. The van der Waals surface area contributed by atoms with Crippen molar-refractivity contribution < 1.29 is 19.6 Å². The number of terminal acetylenes is 1. The average molecular weight is 508 g/mol. The lowest BCUT2D eigenvalue weighted by molar-refractivity contribution is 0.0977. The molecule has 0 aromatic heterocycles. The fraction of sp³-hybridized carbons (Fsp3) is 0.323. The number of nitrogens with zero attached hydrogens (tertiary/aromatic N) is 2. The molecule has 7 heteroatoms. The lowest BCUT2D eigenvalue weighted by Gasteiger charge is -2.38. The minimum Gasteiger partial charge on any atom is -0.448 e. The van der Waals surface area contributed by atoms with Gasteiger partial charge in [-0.1, -0.05) is 48.5 Å². The van der Waals surface area contributed by atoms with Gasteiger partial charge in [-0.25, -0.2) is 4.79 Å². The lowest BCUT2D eigenvalue weighted by atomic mass is 9.71. The molecule has 3 aromatic carbocycles. The van der Waals surface area contributed by atoms with Gasteiger partial charge in [0.1, 0.15) is 6.61 Å². The van der Waals surface area contributed by atoms with Crippen molar-refractivity contribution in [1.29, 1.82) is 0 Å². The van der Waals surface area contributed by atoms with Crippen LogP contribution in [0.4, 0.5) is 10.5 Å². The highest BCUT2D eigenvalue weighted by molar-refractivity contribution is 6.60. The normalized spacial score (nSPS) is 14.6. The molecule has 38 heavy (non-hydrogen) atoms. The van der Waals surface area contributed by atoms with Crippen molar-refractivity contribution in [2.45, 2.75) is 33.1 Å². The van der Waals surface area contributed by atoms with Crippen LogP contribution in [0.25, 0.3) is 11.1 Å². The van der Waals surface area contributed by atoms with Gasteiger partial charge in [-0.3, -0.25) is 0 Å². The summed E-state index contributed by atoms with van der Waals surface area (Å²) in [5.74, 6) is 2.73. The Bertz CT molecular complexity index is 1370. The summed E-state index contributed by atoms with van der Waals surface area (Å²) < 4.78 is 5.87. The van der Waals surface area contributed by atoms with Crippen LogP contribution in [0.15, 0.2) is 48.5 Å². The molecule has 1 fully saturated rings. The molecule has 0 spiro atoms. The van der Waals surface area contributed by atoms with Gasteiger partial charge in [0.05, 0.1) is 0 Å². The van der Waals surface area contributed by atoms with Gasteiger partial charge in [-0.05, 0) is 70.7 Å². The maximum atomic E-state index is 13.1. The highest BCUT2D eigenvalue weighted by Crippen LogP contribution is 2.44. The molecular weight excluding hydrogens is 475 g/mol. The average Bonchev–Trinajstić information content (AvgIpc) is 3.23. The second-order valence-electron chi connectivity index (χ2n) is 10.1. The molecular formula is C31H33BN2O4. The Morgan fingerprint density at radius 2 is 1.53 bits per heavy atom. The second kappa shape index (κ2) is 10.6. The minimum atomic E-state index is -1.58. The van der Waals surface area contributed by atoms with Crippen LogP contribution in [-0.2, 0) is 11.2 Å². The topological polar surface area (TPSA) is 73.2 Å². The number of ether oxygens (including phenoxy) is 1. The number of carbonyl (C=O) groups excluding carboxylic acids is 1. The van der Waals surface area contributed by atoms with E-state index in [2.05, 4.69) is 35.1 Å². The van der Waals surface area contributed by atoms with Crippen molar-refractivity contribution in [2.75, 3.05) is 37.7 Å². The Morgan fingerprint density at radius 3 is 2.08 bits per heavy atom. The number of fused-ring (bicyclic) bond motifs is 3. The maximum absolute atomic E-state index is 13.1. The van der Waals surface area contributed by atoms with Gasteiger partial charge in [0.15, 0.2) is 0 Å². The first-order valence-corrected chi connectivity index (χ1v) is 13.1. The van der Waals surface area contributed by atoms with Crippen LogP contribution in [0.1, 0.15) is 39.3 Å². The predicted octanol–water partition coefficient (Wildman–Crippen LogP) is 3.54. The Labute approximate surface area is 225 Å². The monoisotopic (exact) mass is 508 g/mol. The molecule has 1 amide bonds. The standard InChI is InChI=1S/C31H33BN2O4/c1-5-10-23-20(2)29(32(36)37)22(4)30(21(23)3)33-15-17-34(18-16-33)31(35)38-19-28-26-13-8-6-11-24(26)25-12-7-9-14-27(25)28/h1,6-9,11-14,28,36-37H,10,15-19H2,2-4H3. The van der Waals surface area contributed by atoms with E-state index in [1.54, 1.807) is 4.90 Å².